The number of rotatable bonds is 3. The Bertz CT molecular complexity index is 895. The monoisotopic (exact) mass is 328 g/mol. The van der Waals surface area contributed by atoms with Crippen LogP contribution in [0.2, 0.25) is 0 Å². The van der Waals surface area contributed by atoms with Crippen LogP contribution in [0, 0.1) is 10.8 Å². The minimum absolute atomic E-state index is 0. The Morgan fingerprint density at radius 3 is 2.00 bits per heavy atom. The van der Waals surface area contributed by atoms with Crippen LogP contribution in [0.5, 0.6) is 0 Å². The van der Waals surface area contributed by atoms with Gasteiger partial charge >= 0.3 is 0 Å². The first-order chi connectivity index (χ1) is 10.5. The van der Waals surface area contributed by atoms with Gasteiger partial charge in [-0.3, -0.25) is 10.8 Å². The average Bonchev–Trinajstić information content (AvgIpc) is 2.84. The number of hydrogen-bond acceptors (Lipinski definition) is 3. The van der Waals surface area contributed by atoms with Gasteiger partial charge < -0.3 is 22.2 Å². The van der Waals surface area contributed by atoms with Crippen molar-refractivity contribution >= 4 is 40.7 Å². The maximum Gasteiger partial charge on any atom is 0.122 e. The molecule has 0 bridgehead atoms. The van der Waals surface area contributed by atoms with Crippen LogP contribution in [0.4, 0.5) is 5.69 Å². The number of fused-ring (bicyclic) bond motifs is 1. The third kappa shape index (κ3) is 2.84. The zero-order chi connectivity index (χ0) is 15.9. The summed E-state index contributed by atoms with van der Waals surface area (Å²) in [6, 6.07) is 12.7. The molecule has 0 amide bonds. The first-order valence-electron chi connectivity index (χ1n) is 6.68. The Morgan fingerprint density at radius 1 is 0.870 bits per heavy atom. The maximum absolute atomic E-state index is 7.50. The van der Waals surface area contributed by atoms with Crippen LogP contribution in [-0.4, -0.2) is 16.7 Å². The van der Waals surface area contributed by atoms with Crippen molar-refractivity contribution < 1.29 is 0 Å². The molecule has 7 heteroatoms. The summed E-state index contributed by atoms with van der Waals surface area (Å²) in [5.41, 5.74) is 21.7. The average molecular weight is 329 g/mol. The van der Waals surface area contributed by atoms with E-state index in [2.05, 4.69) is 4.98 Å². The molecule has 3 rings (SSSR count). The molecule has 0 aliphatic rings. The number of anilines is 1. The minimum atomic E-state index is 0. The molecule has 0 spiro atoms. The number of amidine groups is 2. The molecular formula is C16H17ClN6. The highest BCUT2D eigenvalue weighted by molar-refractivity contribution is 6.04. The molecule has 0 aliphatic carbocycles. The molecule has 0 saturated carbocycles. The first kappa shape index (κ1) is 16.4. The Labute approximate surface area is 139 Å². The lowest BCUT2D eigenvalue weighted by atomic mass is 10.1. The van der Waals surface area contributed by atoms with E-state index >= 15 is 0 Å². The third-order valence-electron chi connectivity index (χ3n) is 3.63. The van der Waals surface area contributed by atoms with Gasteiger partial charge in [0.05, 0.1) is 11.4 Å². The third-order valence-corrected chi connectivity index (χ3v) is 3.63. The summed E-state index contributed by atoms with van der Waals surface area (Å²) in [5, 5.41) is 15.8. The molecule has 1 aromatic heterocycles. The Morgan fingerprint density at radius 2 is 1.43 bits per heavy atom. The highest BCUT2D eigenvalue weighted by Gasteiger charge is 2.11. The second-order valence-corrected chi connectivity index (χ2v) is 5.08. The zero-order valence-corrected chi connectivity index (χ0v) is 13.0. The topological polar surface area (TPSA) is 142 Å². The highest BCUT2D eigenvalue weighted by Crippen LogP contribution is 2.33. The Hall–Kier alpha value is -2.99. The zero-order valence-electron chi connectivity index (χ0n) is 12.2. The van der Waals surface area contributed by atoms with E-state index in [1.54, 1.807) is 18.2 Å². The fraction of sp³-hybridized carbons (Fsp3) is 0. The van der Waals surface area contributed by atoms with Gasteiger partial charge in [0.1, 0.15) is 11.7 Å². The number of nitrogens with one attached hydrogen (secondary N) is 3. The maximum atomic E-state index is 7.50. The van der Waals surface area contributed by atoms with Gasteiger partial charge in [0.15, 0.2) is 0 Å². The van der Waals surface area contributed by atoms with E-state index in [0.29, 0.717) is 16.8 Å². The number of nitrogen functional groups attached to an aromatic ring is 3. The predicted molar refractivity (Wildman–Crippen MR) is 97.4 cm³/mol. The molecular weight excluding hydrogens is 312 g/mol. The fourth-order valence-electron chi connectivity index (χ4n) is 2.43. The van der Waals surface area contributed by atoms with Gasteiger partial charge in [-0.15, -0.1) is 12.4 Å². The molecule has 3 aromatic rings. The first-order valence-corrected chi connectivity index (χ1v) is 6.68. The van der Waals surface area contributed by atoms with Gasteiger partial charge in [-0.05, 0) is 6.07 Å². The number of aromatic nitrogens is 1. The molecule has 6 nitrogen and oxygen atoms in total. The molecule has 0 atom stereocenters. The van der Waals surface area contributed by atoms with Gasteiger partial charge in [-0.2, -0.15) is 0 Å². The van der Waals surface area contributed by atoms with Crippen molar-refractivity contribution in [2.24, 2.45) is 11.5 Å². The fourth-order valence-corrected chi connectivity index (χ4v) is 2.43. The molecule has 0 saturated heterocycles. The van der Waals surface area contributed by atoms with Crippen LogP contribution in [-0.2, 0) is 0 Å². The molecule has 1 heterocycles. The number of nitrogens with two attached hydrogens (primary N) is 3. The van der Waals surface area contributed by atoms with Crippen LogP contribution >= 0.6 is 12.4 Å². The van der Waals surface area contributed by atoms with Crippen LogP contribution in [0.3, 0.4) is 0 Å². The van der Waals surface area contributed by atoms with Crippen molar-refractivity contribution in [1.82, 2.24) is 4.98 Å². The normalized spacial score (nSPS) is 10.3. The number of H-pyrrole nitrogens is 1. The summed E-state index contributed by atoms with van der Waals surface area (Å²) in [6.07, 6.45) is 0. The van der Waals surface area contributed by atoms with E-state index < -0.39 is 0 Å². The lowest BCUT2D eigenvalue weighted by Gasteiger charge is -2.02. The second-order valence-electron chi connectivity index (χ2n) is 5.08. The SMILES string of the molecule is Cl.N=C(N)c1ccc(-c2[nH]c3cc(C(=N)N)ccc3c2N)cc1. The van der Waals surface area contributed by atoms with E-state index in [1.807, 2.05) is 24.3 Å². The summed E-state index contributed by atoms with van der Waals surface area (Å²) in [5.74, 6) is 0.0460. The van der Waals surface area contributed by atoms with E-state index in [1.165, 1.54) is 0 Å². The van der Waals surface area contributed by atoms with Gasteiger partial charge in [0.2, 0.25) is 0 Å². The molecule has 9 N–H and O–H groups in total. The second kappa shape index (κ2) is 6.02. The van der Waals surface area contributed by atoms with Crippen LogP contribution in [0.25, 0.3) is 22.2 Å². The summed E-state index contributed by atoms with van der Waals surface area (Å²) in [6.45, 7) is 0. The van der Waals surface area contributed by atoms with Crippen molar-refractivity contribution in [3.63, 3.8) is 0 Å². The smallest absolute Gasteiger partial charge is 0.122 e. The number of aromatic amines is 1. The Kier molecular flexibility index (Phi) is 4.29. The van der Waals surface area contributed by atoms with Crippen molar-refractivity contribution in [3.8, 4) is 11.3 Å². The molecule has 0 radical (unpaired) electrons. The lowest BCUT2D eigenvalue weighted by Crippen LogP contribution is -2.10. The molecule has 118 valence electrons. The minimum Gasteiger partial charge on any atom is -0.396 e. The number of hydrogen-bond donors (Lipinski definition) is 6. The lowest BCUT2D eigenvalue weighted by molar-refractivity contribution is 1.41. The van der Waals surface area contributed by atoms with E-state index in [9.17, 15) is 0 Å². The van der Waals surface area contributed by atoms with Crippen LogP contribution in [0.1, 0.15) is 11.1 Å². The number of halogens is 1. The quantitative estimate of drug-likeness (QED) is 0.324. The standard InChI is InChI=1S/C16H16N6.ClH/c17-13-11-6-5-10(16(20)21)7-12(11)22-14(13)8-1-3-9(4-2-8)15(18)19;/h1-7,22H,17H2,(H3,18,19)(H3,20,21);1H. The van der Waals surface area contributed by atoms with Gasteiger partial charge in [0.25, 0.3) is 0 Å². The van der Waals surface area contributed by atoms with Crippen LogP contribution in [0.15, 0.2) is 42.5 Å². The largest absolute Gasteiger partial charge is 0.396 e. The summed E-state index contributed by atoms with van der Waals surface area (Å²) < 4.78 is 0. The summed E-state index contributed by atoms with van der Waals surface area (Å²) in [4.78, 5) is 3.26. The predicted octanol–water partition coefficient (Wildman–Crippen LogP) is 2.41. The van der Waals surface area contributed by atoms with Gasteiger partial charge in [0, 0.05) is 27.6 Å². The van der Waals surface area contributed by atoms with Crippen molar-refractivity contribution in [2.75, 3.05) is 5.73 Å². The highest BCUT2D eigenvalue weighted by atomic mass is 35.5. The van der Waals surface area contributed by atoms with E-state index in [4.69, 9.17) is 28.0 Å². The molecule has 2 aromatic carbocycles. The summed E-state index contributed by atoms with van der Waals surface area (Å²) >= 11 is 0. The molecule has 0 fully saturated rings. The van der Waals surface area contributed by atoms with E-state index in [-0.39, 0.29) is 24.1 Å². The van der Waals surface area contributed by atoms with Crippen molar-refractivity contribution in [2.45, 2.75) is 0 Å². The van der Waals surface area contributed by atoms with E-state index in [0.717, 1.165) is 22.2 Å². The molecule has 23 heavy (non-hydrogen) atoms. The molecule has 0 aliphatic heterocycles. The molecule has 0 unspecified atom stereocenters. The number of benzene rings is 2. The van der Waals surface area contributed by atoms with Crippen molar-refractivity contribution in [3.05, 3.63) is 53.6 Å². The van der Waals surface area contributed by atoms with Crippen LogP contribution < -0.4 is 17.2 Å². The van der Waals surface area contributed by atoms with Gasteiger partial charge in [-0.25, -0.2) is 0 Å². The summed E-state index contributed by atoms with van der Waals surface area (Å²) in [7, 11) is 0. The Balaban J connectivity index is 0.00000192. The van der Waals surface area contributed by atoms with Gasteiger partial charge in [-0.1, -0.05) is 36.4 Å². The van der Waals surface area contributed by atoms with Crippen molar-refractivity contribution in [1.29, 1.82) is 10.8 Å².